The van der Waals surface area contributed by atoms with Crippen LogP contribution in [-0.2, 0) is 6.54 Å². The third kappa shape index (κ3) is 4.25. The maximum atomic E-state index is 10.8. The van der Waals surface area contributed by atoms with Crippen LogP contribution in [0.5, 0.6) is 0 Å². The summed E-state index contributed by atoms with van der Waals surface area (Å²) < 4.78 is 3.26. The van der Waals surface area contributed by atoms with Crippen LogP contribution in [0.1, 0.15) is 23.5 Å². The predicted molar refractivity (Wildman–Crippen MR) is 109 cm³/mol. The Bertz CT molecular complexity index is 1150. The van der Waals surface area contributed by atoms with Crippen LogP contribution in [0.4, 0.5) is 16.6 Å². The topological polar surface area (TPSA) is 117 Å². The molecule has 0 aliphatic rings. The molecule has 1 N–H and O–H groups in total. The number of rotatable bonds is 7. The lowest BCUT2D eigenvalue weighted by atomic mass is 10.2. The number of hydrogen-bond acceptors (Lipinski definition) is 8. The second-order valence-corrected chi connectivity index (χ2v) is 7.59. The van der Waals surface area contributed by atoms with E-state index in [-0.39, 0.29) is 11.7 Å². The van der Waals surface area contributed by atoms with Crippen molar-refractivity contribution in [1.82, 2.24) is 29.8 Å². The lowest BCUT2D eigenvalue weighted by Gasteiger charge is -2.06. The van der Waals surface area contributed by atoms with Gasteiger partial charge in [-0.1, -0.05) is 41.1 Å². The SMILES string of the molecule is CC(c1nnc(Nc2ccn(Cc3ccccc3Cl)n2)s1)n1cc([N+](=O)[O-])cn1. The molecule has 12 heteroatoms. The van der Waals surface area contributed by atoms with E-state index in [1.54, 1.807) is 4.68 Å². The van der Waals surface area contributed by atoms with Gasteiger partial charge in [-0.2, -0.15) is 10.2 Å². The van der Waals surface area contributed by atoms with Crippen LogP contribution in [0.3, 0.4) is 0 Å². The molecular formula is C17H15ClN8O2S. The third-order valence-corrected chi connectivity index (χ3v) is 5.54. The molecule has 10 nitrogen and oxygen atoms in total. The Morgan fingerprint density at radius 3 is 2.90 bits per heavy atom. The van der Waals surface area contributed by atoms with Crippen molar-refractivity contribution in [2.75, 3.05) is 5.32 Å². The van der Waals surface area contributed by atoms with Gasteiger partial charge in [0.15, 0.2) is 5.82 Å². The molecule has 3 aromatic heterocycles. The number of benzene rings is 1. The first-order valence-corrected chi connectivity index (χ1v) is 9.75. The number of aromatic nitrogens is 6. The van der Waals surface area contributed by atoms with Crippen LogP contribution in [0.2, 0.25) is 5.02 Å². The Hall–Kier alpha value is -3.31. The highest BCUT2D eigenvalue weighted by atomic mass is 35.5. The van der Waals surface area contributed by atoms with E-state index in [1.807, 2.05) is 43.5 Å². The van der Waals surface area contributed by atoms with Gasteiger partial charge in [0.2, 0.25) is 5.13 Å². The highest BCUT2D eigenvalue weighted by molar-refractivity contribution is 7.15. The fourth-order valence-corrected chi connectivity index (χ4v) is 3.62. The van der Waals surface area contributed by atoms with Crippen LogP contribution in [0.15, 0.2) is 48.9 Å². The average Bonchev–Trinajstić information content (AvgIpc) is 3.44. The molecule has 0 aliphatic carbocycles. The van der Waals surface area contributed by atoms with E-state index >= 15 is 0 Å². The maximum Gasteiger partial charge on any atom is 0.307 e. The third-order valence-electron chi connectivity index (χ3n) is 4.16. The van der Waals surface area contributed by atoms with Gasteiger partial charge in [-0.15, -0.1) is 10.2 Å². The summed E-state index contributed by atoms with van der Waals surface area (Å²) in [6, 6.07) is 9.17. The smallest absolute Gasteiger partial charge is 0.307 e. The highest BCUT2D eigenvalue weighted by Gasteiger charge is 2.18. The predicted octanol–water partition coefficient (Wildman–Crippen LogP) is 3.89. The van der Waals surface area contributed by atoms with Gasteiger partial charge in [0.05, 0.1) is 11.5 Å². The normalized spacial score (nSPS) is 12.1. The minimum Gasteiger partial charge on any atom is -0.313 e. The molecule has 0 saturated heterocycles. The van der Waals surface area contributed by atoms with Crippen LogP contribution in [0.25, 0.3) is 0 Å². The molecule has 148 valence electrons. The standard InChI is InChI=1S/C17H15ClN8O2S/c1-11(25-10-13(8-19-25)26(27)28)16-21-22-17(29-16)20-15-6-7-24(23-15)9-12-4-2-3-5-14(12)18/h2-8,10-11H,9H2,1H3,(H,20,22,23). The Labute approximate surface area is 173 Å². The van der Waals surface area contributed by atoms with Crippen LogP contribution in [0, 0.1) is 10.1 Å². The van der Waals surface area contributed by atoms with E-state index in [2.05, 4.69) is 25.7 Å². The molecule has 4 aromatic rings. The molecule has 0 aliphatic heterocycles. The van der Waals surface area contributed by atoms with Gasteiger partial charge in [-0.05, 0) is 18.6 Å². The number of nitrogens with zero attached hydrogens (tertiary/aromatic N) is 7. The van der Waals surface area contributed by atoms with E-state index in [9.17, 15) is 10.1 Å². The zero-order valence-electron chi connectivity index (χ0n) is 15.1. The Morgan fingerprint density at radius 2 is 2.14 bits per heavy atom. The molecule has 1 aromatic carbocycles. The zero-order chi connectivity index (χ0) is 20.4. The second kappa shape index (κ2) is 7.97. The molecule has 0 radical (unpaired) electrons. The fraction of sp³-hybridized carbons (Fsp3) is 0.176. The summed E-state index contributed by atoms with van der Waals surface area (Å²) in [6.45, 7) is 2.40. The van der Waals surface area contributed by atoms with E-state index in [1.165, 1.54) is 28.4 Å². The summed E-state index contributed by atoms with van der Waals surface area (Å²) in [5, 5.41) is 32.6. The lowest BCUT2D eigenvalue weighted by Crippen LogP contribution is -2.06. The minimum absolute atomic E-state index is 0.0660. The highest BCUT2D eigenvalue weighted by Crippen LogP contribution is 2.27. The number of nitro groups is 1. The van der Waals surface area contributed by atoms with E-state index in [0.717, 1.165) is 5.56 Å². The number of nitrogens with one attached hydrogen (secondary N) is 1. The largest absolute Gasteiger partial charge is 0.313 e. The average molecular weight is 431 g/mol. The summed E-state index contributed by atoms with van der Waals surface area (Å²) in [6.07, 6.45) is 4.43. The summed E-state index contributed by atoms with van der Waals surface area (Å²) in [5.74, 6) is 0.627. The van der Waals surface area contributed by atoms with Gasteiger partial charge >= 0.3 is 5.69 Å². The first-order valence-electron chi connectivity index (χ1n) is 8.55. The summed E-state index contributed by atoms with van der Waals surface area (Å²) in [5.41, 5.74) is 0.910. The maximum absolute atomic E-state index is 10.8. The zero-order valence-corrected chi connectivity index (χ0v) is 16.7. The Balaban J connectivity index is 1.43. The molecule has 4 rings (SSSR count). The molecular weight excluding hydrogens is 416 g/mol. The quantitative estimate of drug-likeness (QED) is 0.349. The van der Waals surface area contributed by atoms with Gasteiger partial charge < -0.3 is 5.32 Å². The lowest BCUT2D eigenvalue weighted by molar-refractivity contribution is -0.385. The van der Waals surface area contributed by atoms with Crippen molar-refractivity contribution in [2.45, 2.75) is 19.5 Å². The van der Waals surface area contributed by atoms with Crippen molar-refractivity contribution < 1.29 is 4.92 Å². The molecule has 0 saturated carbocycles. The van der Waals surface area contributed by atoms with Crippen molar-refractivity contribution >= 4 is 39.6 Å². The van der Waals surface area contributed by atoms with E-state index in [4.69, 9.17) is 11.6 Å². The minimum atomic E-state index is -0.484. The van der Waals surface area contributed by atoms with Crippen LogP contribution < -0.4 is 5.32 Å². The summed E-state index contributed by atoms with van der Waals surface area (Å²) in [7, 11) is 0. The van der Waals surface area contributed by atoms with Gasteiger partial charge in [-0.25, -0.2) is 0 Å². The first kappa shape index (κ1) is 19.0. The van der Waals surface area contributed by atoms with Crippen molar-refractivity contribution in [3.8, 4) is 0 Å². The van der Waals surface area contributed by atoms with Gasteiger partial charge in [0.25, 0.3) is 0 Å². The van der Waals surface area contributed by atoms with Gasteiger partial charge in [0.1, 0.15) is 23.4 Å². The van der Waals surface area contributed by atoms with Crippen molar-refractivity contribution in [1.29, 1.82) is 0 Å². The molecule has 1 atom stereocenters. The Morgan fingerprint density at radius 1 is 1.31 bits per heavy atom. The van der Waals surface area contributed by atoms with Crippen molar-refractivity contribution in [3.05, 3.63) is 74.6 Å². The first-order chi connectivity index (χ1) is 14.0. The monoisotopic (exact) mass is 430 g/mol. The Kier molecular flexibility index (Phi) is 5.23. The van der Waals surface area contributed by atoms with Gasteiger partial charge in [0, 0.05) is 17.3 Å². The molecule has 29 heavy (non-hydrogen) atoms. The molecule has 1 unspecified atom stereocenters. The van der Waals surface area contributed by atoms with E-state index in [0.29, 0.717) is 27.5 Å². The molecule has 0 amide bonds. The van der Waals surface area contributed by atoms with Crippen molar-refractivity contribution in [3.63, 3.8) is 0 Å². The molecule has 3 heterocycles. The van der Waals surface area contributed by atoms with Crippen LogP contribution in [-0.4, -0.2) is 34.7 Å². The van der Waals surface area contributed by atoms with Crippen molar-refractivity contribution in [2.24, 2.45) is 0 Å². The molecule has 0 spiro atoms. The molecule has 0 fully saturated rings. The summed E-state index contributed by atoms with van der Waals surface area (Å²) >= 11 is 7.52. The number of halogens is 1. The number of hydrogen-bond donors (Lipinski definition) is 1. The van der Waals surface area contributed by atoms with Crippen LogP contribution >= 0.6 is 22.9 Å². The number of anilines is 2. The van der Waals surface area contributed by atoms with E-state index < -0.39 is 4.92 Å². The van der Waals surface area contributed by atoms with Gasteiger partial charge in [-0.3, -0.25) is 19.5 Å². The second-order valence-electron chi connectivity index (χ2n) is 6.17. The summed E-state index contributed by atoms with van der Waals surface area (Å²) in [4.78, 5) is 10.3. The fourth-order valence-electron chi connectivity index (χ4n) is 2.63. The molecule has 0 bridgehead atoms.